The second-order valence-electron chi connectivity index (χ2n) is 5.04. The molecule has 0 aliphatic rings. The summed E-state index contributed by atoms with van der Waals surface area (Å²) in [6, 6.07) is 6.22. The molecule has 122 valence electrons. The molecule has 0 aliphatic carbocycles. The first-order valence-electron chi connectivity index (χ1n) is 6.55. The molecule has 0 atom stereocenters. The van der Waals surface area contributed by atoms with E-state index in [9.17, 15) is 18.0 Å². The Kier molecular flexibility index (Phi) is 5.96. The van der Waals surface area contributed by atoms with E-state index in [1.165, 1.54) is 13.8 Å². The number of anilines is 1. The van der Waals surface area contributed by atoms with Crippen molar-refractivity contribution < 1.29 is 22.7 Å². The standard InChI is InChI=1S/C14H18ClNO5S/c1-4-21-13(18)14(2,3)22(19,20)9-12(17)16-11-7-5-10(15)6-8-11/h5-8H,4,9H2,1-3H3,(H,16,17). The maximum absolute atomic E-state index is 12.2. The van der Waals surface area contributed by atoms with Crippen LogP contribution in [0.2, 0.25) is 5.02 Å². The maximum atomic E-state index is 12.2. The molecule has 1 N–H and O–H groups in total. The summed E-state index contributed by atoms with van der Waals surface area (Å²) in [6.07, 6.45) is 0. The van der Waals surface area contributed by atoms with Crippen molar-refractivity contribution in [2.75, 3.05) is 17.7 Å². The third kappa shape index (κ3) is 4.45. The summed E-state index contributed by atoms with van der Waals surface area (Å²) in [5.74, 6) is -2.43. The van der Waals surface area contributed by atoms with Gasteiger partial charge in [-0.2, -0.15) is 0 Å². The van der Waals surface area contributed by atoms with Gasteiger partial charge in [-0.05, 0) is 45.0 Å². The molecule has 6 nitrogen and oxygen atoms in total. The molecule has 1 rings (SSSR count). The van der Waals surface area contributed by atoms with Gasteiger partial charge in [0, 0.05) is 10.7 Å². The predicted molar refractivity (Wildman–Crippen MR) is 84.6 cm³/mol. The van der Waals surface area contributed by atoms with E-state index >= 15 is 0 Å². The van der Waals surface area contributed by atoms with E-state index < -0.39 is 32.2 Å². The van der Waals surface area contributed by atoms with Gasteiger partial charge in [0.2, 0.25) is 5.91 Å². The number of rotatable bonds is 6. The number of sulfone groups is 1. The van der Waals surface area contributed by atoms with E-state index in [1.807, 2.05) is 0 Å². The monoisotopic (exact) mass is 347 g/mol. The number of carbonyl (C=O) groups excluding carboxylic acids is 2. The zero-order chi connectivity index (χ0) is 17.0. The van der Waals surface area contributed by atoms with Gasteiger partial charge in [0.25, 0.3) is 0 Å². The van der Waals surface area contributed by atoms with Crippen molar-refractivity contribution >= 4 is 39.0 Å². The second-order valence-corrected chi connectivity index (χ2v) is 8.02. The molecule has 8 heteroatoms. The number of esters is 1. The summed E-state index contributed by atoms with van der Waals surface area (Å²) >= 11 is 5.72. The van der Waals surface area contributed by atoms with E-state index in [0.29, 0.717) is 10.7 Å². The molecule has 0 spiro atoms. The zero-order valence-corrected chi connectivity index (χ0v) is 14.1. The van der Waals surface area contributed by atoms with Crippen molar-refractivity contribution in [1.82, 2.24) is 0 Å². The summed E-state index contributed by atoms with van der Waals surface area (Å²) in [4.78, 5) is 23.6. The quantitative estimate of drug-likeness (QED) is 0.795. The van der Waals surface area contributed by atoms with Crippen LogP contribution in [0, 0.1) is 0 Å². The molecule has 0 fully saturated rings. The van der Waals surface area contributed by atoms with Crippen LogP contribution < -0.4 is 5.32 Å². The Labute approximate surface area is 134 Å². The van der Waals surface area contributed by atoms with Crippen LogP contribution in [-0.2, 0) is 24.2 Å². The number of halogens is 1. The van der Waals surface area contributed by atoms with E-state index in [0.717, 1.165) is 0 Å². The van der Waals surface area contributed by atoms with Gasteiger partial charge in [-0.3, -0.25) is 9.59 Å². The van der Waals surface area contributed by atoms with Crippen molar-refractivity contribution in [2.24, 2.45) is 0 Å². The minimum atomic E-state index is -4.02. The van der Waals surface area contributed by atoms with E-state index in [-0.39, 0.29) is 6.61 Å². The van der Waals surface area contributed by atoms with Gasteiger partial charge >= 0.3 is 5.97 Å². The fraction of sp³-hybridized carbons (Fsp3) is 0.429. The van der Waals surface area contributed by atoms with Gasteiger partial charge < -0.3 is 10.1 Å². The number of nitrogens with one attached hydrogen (secondary N) is 1. The third-order valence-corrected chi connectivity index (χ3v) is 5.61. The highest BCUT2D eigenvalue weighted by Crippen LogP contribution is 2.20. The van der Waals surface area contributed by atoms with Gasteiger partial charge in [-0.25, -0.2) is 8.42 Å². The molecule has 1 aromatic rings. The Bertz CT molecular complexity index is 652. The Morgan fingerprint density at radius 3 is 2.27 bits per heavy atom. The number of hydrogen-bond donors (Lipinski definition) is 1. The Balaban J connectivity index is 2.81. The molecule has 1 amide bonds. The molecule has 0 aliphatic heterocycles. The Hall–Kier alpha value is -1.60. The lowest BCUT2D eigenvalue weighted by Crippen LogP contribution is -2.45. The highest BCUT2D eigenvalue weighted by Gasteiger charge is 2.44. The number of ether oxygens (including phenoxy) is 1. The largest absolute Gasteiger partial charge is 0.465 e. The third-order valence-electron chi connectivity index (χ3n) is 2.99. The summed E-state index contributed by atoms with van der Waals surface area (Å²) in [6.45, 7) is 4.08. The second kappa shape index (κ2) is 7.11. The molecule has 0 aromatic heterocycles. The molecule has 0 saturated carbocycles. The number of amides is 1. The minimum Gasteiger partial charge on any atom is -0.465 e. The molecular formula is C14H18ClNO5S. The molecule has 0 saturated heterocycles. The predicted octanol–water partition coefficient (Wildman–Crippen LogP) is 2.04. The average Bonchev–Trinajstić information content (AvgIpc) is 2.40. The van der Waals surface area contributed by atoms with E-state index in [2.05, 4.69) is 5.32 Å². The van der Waals surface area contributed by atoms with Gasteiger partial charge in [0.05, 0.1) is 6.61 Å². The fourth-order valence-corrected chi connectivity index (χ4v) is 2.73. The van der Waals surface area contributed by atoms with Crippen LogP contribution in [0.25, 0.3) is 0 Å². The summed E-state index contributed by atoms with van der Waals surface area (Å²) < 4.78 is 27.4. The highest BCUT2D eigenvalue weighted by atomic mass is 35.5. The van der Waals surface area contributed by atoms with Crippen molar-refractivity contribution in [2.45, 2.75) is 25.5 Å². The van der Waals surface area contributed by atoms with Crippen LogP contribution >= 0.6 is 11.6 Å². The first kappa shape index (κ1) is 18.4. The number of carbonyl (C=O) groups is 2. The van der Waals surface area contributed by atoms with Crippen LogP contribution in [0.3, 0.4) is 0 Å². The summed E-state index contributed by atoms with van der Waals surface area (Å²) in [5.41, 5.74) is 0.415. The average molecular weight is 348 g/mol. The van der Waals surface area contributed by atoms with Crippen LogP contribution in [0.15, 0.2) is 24.3 Å². The SMILES string of the molecule is CCOC(=O)C(C)(C)S(=O)(=O)CC(=O)Nc1ccc(Cl)cc1. The Morgan fingerprint density at radius 1 is 1.23 bits per heavy atom. The van der Waals surface area contributed by atoms with Gasteiger partial charge in [-0.15, -0.1) is 0 Å². The minimum absolute atomic E-state index is 0.0642. The molecule has 1 aromatic carbocycles. The van der Waals surface area contributed by atoms with Crippen molar-refractivity contribution in [3.8, 4) is 0 Å². The van der Waals surface area contributed by atoms with Gasteiger partial charge in [-0.1, -0.05) is 11.6 Å². The molecule has 0 heterocycles. The lowest BCUT2D eigenvalue weighted by molar-refractivity contribution is -0.145. The summed E-state index contributed by atoms with van der Waals surface area (Å²) in [7, 11) is -4.02. The van der Waals surface area contributed by atoms with Gasteiger partial charge in [0.15, 0.2) is 14.6 Å². The van der Waals surface area contributed by atoms with E-state index in [4.69, 9.17) is 16.3 Å². The van der Waals surface area contributed by atoms with E-state index in [1.54, 1.807) is 31.2 Å². The van der Waals surface area contributed by atoms with Crippen LogP contribution in [-0.4, -0.2) is 37.4 Å². The number of benzene rings is 1. The molecule has 0 unspecified atom stereocenters. The molecule has 22 heavy (non-hydrogen) atoms. The molecule has 0 bridgehead atoms. The first-order valence-corrected chi connectivity index (χ1v) is 8.58. The van der Waals surface area contributed by atoms with Crippen molar-refractivity contribution in [1.29, 1.82) is 0 Å². The lowest BCUT2D eigenvalue weighted by Gasteiger charge is -2.22. The van der Waals surface area contributed by atoms with Crippen LogP contribution in [0.4, 0.5) is 5.69 Å². The fourth-order valence-electron chi connectivity index (χ4n) is 1.52. The van der Waals surface area contributed by atoms with Crippen LogP contribution in [0.1, 0.15) is 20.8 Å². The topological polar surface area (TPSA) is 89.5 Å². The summed E-state index contributed by atoms with van der Waals surface area (Å²) in [5, 5.41) is 2.93. The smallest absolute Gasteiger partial charge is 0.326 e. The highest BCUT2D eigenvalue weighted by molar-refractivity contribution is 7.94. The number of hydrogen-bond acceptors (Lipinski definition) is 5. The van der Waals surface area contributed by atoms with Crippen LogP contribution in [0.5, 0.6) is 0 Å². The zero-order valence-electron chi connectivity index (χ0n) is 12.6. The van der Waals surface area contributed by atoms with Crippen molar-refractivity contribution in [3.05, 3.63) is 29.3 Å². The first-order chi connectivity index (χ1) is 10.1. The molecular weight excluding hydrogens is 330 g/mol. The normalized spacial score (nSPS) is 11.8. The van der Waals surface area contributed by atoms with Crippen molar-refractivity contribution in [3.63, 3.8) is 0 Å². The lowest BCUT2D eigenvalue weighted by atomic mass is 10.2. The van der Waals surface area contributed by atoms with Gasteiger partial charge in [0.1, 0.15) is 5.75 Å². The molecule has 0 radical (unpaired) electrons. The maximum Gasteiger partial charge on any atom is 0.326 e. The Morgan fingerprint density at radius 2 is 1.77 bits per heavy atom.